The zero-order valence-corrected chi connectivity index (χ0v) is 16.4. The van der Waals surface area contributed by atoms with Crippen molar-refractivity contribution in [3.8, 4) is 5.75 Å². The number of rotatable bonds is 6. The Morgan fingerprint density at radius 2 is 1.75 bits per heavy atom. The fourth-order valence-electron chi connectivity index (χ4n) is 3.07. The van der Waals surface area contributed by atoms with Crippen LogP contribution in [0, 0.1) is 5.92 Å². The average molecular weight is 401 g/mol. The van der Waals surface area contributed by atoms with Gasteiger partial charge in [0.05, 0.1) is 23.2 Å². The van der Waals surface area contributed by atoms with Crippen LogP contribution in [0.1, 0.15) is 56.9 Å². The third kappa shape index (κ3) is 3.87. The maximum Gasteiger partial charge on any atom is 0.261 e. The molecule has 0 bridgehead atoms. The van der Waals surface area contributed by atoms with Crippen LogP contribution >= 0.6 is 11.6 Å². The van der Waals surface area contributed by atoms with Gasteiger partial charge in [-0.25, -0.2) is 0 Å². The predicted molar refractivity (Wildman–Crippen MR) is 106 cm³/mol. The highest BCUT2D eigenvalue weighted by Gasteiger charge is 2.35. The first kappa shape index (κ1) is 19.9. The van der Waals surface area contributed by atoms with Crippen molar-refractivity contribution in [3.63, 3.8) is 0 Å². The van der Waals surface area contributed by atoms with Crippen LogP contribution in [-0.2, 0) is 6.54 Å². The van der Waals surface area contributed by atoms with Gasteiger partial charge in [-0.3, -0.25) is 19.3 Å². The Balaban J connectivity index is 1.84. The van der Waals surface area contributed by atoms with Crippen molar-refractivity contribution in [2.24, 2.45) is 5.92 Å². The Hall–Kier alpha value is -2.86. The first-order chi connectivity index (χ1) is 13.3. The number of carbonyl (C=O) groups excluding carboxylic acids is 3. The first-order valence-corrected chi connectivity index (χ1v) is 9.42. The number of phenolic OH excluding ortho intramolecular Hbond substituents is 1. The van der Waals surface area contributed by atoms with Crippen molar-refractivity contribution in [1.82, 2.24) is 10.2 Å². The summed E-state index contributed by atoms with van der Waals surface area (Å²) in [6, 6.07) is 9.36. The van der Waals surface area contributed by atoms with Gasteiger partial charge in [-0.1, -0.05) is 37.6 Å². The van der Waals surface area contributed by atoms with Crippen molar-refractivity contribution in [2.75, 3.05) is 6.54 Å². The van der Waals surface area contributed by atoms with Gasteiger partial charge in [0.15, 0.2) is 0 Å². The van der Waals surface area contributed by atoms with E-state index in [0.717, 1.165) is 11.3 Å². The van der Waals surface area contributed by atoms with E-state index >= 15 is 0 Å². The Bertz CT molecular complexity index is 920. The number of carbonyl (C=O) groups is 3. The van der Waals surface area contributed by atoms with Gasteiger partial charge in [0.2, 0.25) is 0 Å². The normalized spacial score (nSPS) is 13.2. The lowest BCUT2D eigenvalue weighted by Crippen LogP contribution is -2.29. The molecular weight excluding hydrogens is 380 g/mol. The zero-order valence-electron chi connectivity index (χ0n) is 15.7. The predicted octanol–water partition coefficient (Wildman–Crippen LogP) is 3.62. The van der Waals surface area contributed by atoms with E-state index in [2.05, 4.69) is 5.32 Å². The van der Waals surface area contributed by atoms with E-state index < -0.39 is 17.7 Å². The molecule has 0 saturated carbocycles. The first-order valence-electron chi connectivity index (χ1n) is 9.04. The number of halogens is 1. The van der Waals surface area contributed by atoms with Crippen LogP contribution in [0.15, 0.2) is 36.4 Å². The van der Waals surface area contributed by atoms with Crippen molar-refractivity contribution in [1.29, 1.82) is 0 Å². The summed E-state index contributed by atoms with van der Waals surface area (Å²) in [5.41, 5.74) is 0.889. The molecule has 0 aromatic heterocycles. The summed E-state index contributed by atoms with van der Waals surface area (Å²) < 4.78 is 0. The summed E-state index contributed by atoms with van der Waals surface area (Å²) in [7, 11) is 0. The Labute approximate surface area is 168 Å². The van der Waals surface area contributed by atoms with Crippen LogP contribution in [0.4, 0.5) is 0 Å². The summed E-state index contributed by atoms with van der Waals surface area (Å²) in [6.45, 7) is 4.38. The van der Waals surface area contributed by atoms with Crippen LogP contribution in [0.25, 0.3) is 0 Å². The van der Waals surface area contributed by atoms with Crippen molar-refractivity contribution >= 4 is 29.3 Å². The third-order valence-electron chi connectivity index (χ3n) is 4.61. The minimum Gasteiger partial charge on any atom is -0.507 e. The molecular formula is C21H21ClN2O4. The summed E-state index contributed by atoms with van der Waals surface area (Å²) in [6.07, 6.45) is 0.801. The fraction of sp³-hybridized carbons (Fsp3) is 0.286. The van der Waals surface area contributed by atoms with E-state index in [4.69, 9.17) is 11.6 Å². The Morgan fingerprint density at radius 1 is 1.14 bits per heavy atom. The summed E-state index contributed by atoms with van der Waals surface area (Å²) in [5, 5.41) is 13.6. The van der Waals surface area contributed by atoms with Crippen LogP contribution in [0.2, 0.25) is 5.02 Å². The minimum atomic E-state index is -0.454. The lowest BCUT2D eigenvalue weighted by molar-refractivity contribution is 0.0641. The fourth-order valence-corrected chi connectivity index (χ4v) is 3.31. The molecule has 0 saturated heterocycles. The molecule has 3 rings (SSSR count). The average Bonchev–Trinajstić information content (AvgIpc) is 2.89. The maximum atomic E-state index is 12.5. The quantitative estimate of drug-likeness (QED) is 0.725. The van der Waals surface area contributed by atoms with E-state index in [0.29, 0.717) is 23.6 Å². The number of benzene rings is 2. The number of fused-ring (bicyclic) bond motifs is 1. The zero-order chi connectivity index (χ0) is 20.4. The molecule has 0 fully saturated rings. The number of aromatic hydroxyl groups is 1. The lowest BCUT2D eigenvalue weighted by atomic mass is 10.1. The van der Waals surface area contributed by atoms with Crippen molar-refractivity contribution in [3.05, 3.63) is 63.7 Å². The second kappa shape index (κ2) is 8.02. The van der Waals surface area contributed by atoms with Crippen molar-refractivity contribution in [2.45, 2.75) is 26.8 Å². The molecule has 0 spiro atoms. The number of hydrogen-bond donors (Lipinski definition) is 2. The molecule has 146 valence electrons. The minimum absolute atomic E-state index is 0.0165. The molecule has 7 heteroatoms. The highest BCUT2D eigenvalue weighted by molar-refractivity contribution is 6.31. The highest BCUT2D eigenvalue weighted by Crippen LogP contribution is 2.31. The molecule has 0 unspecified atom stereocenters. The third-order valence-corrected chi connectivity index (χ3v) is 4.83. The van der Waals surface area contributed by atoms with Gasteiger partial charge in [-0.2, -0.15) is 0 Å². The number of hydrogen-bond acceptors (Lipinski definition) is 4. The van der Waals surface area contributed by atoms with Crippen molar-refractivity contribution < 1.29 is 19.5 Å². The van der Waals surface area contributed by atoms with Crippen LogP contribution in [0.5, 0.6) is 5.75 Å². The molecule has 1 aliphatic rings. The van der Waals surface area contributed by atoms with E-state index in [1.165, 1.54) is 12.1 Å². The monoisotopic (exact) mass is 400 g/mol. The molecule has 2 N–H and O–H groups in total. The van der Waals surface area contributed by atoms with E-state index in [9.17, 15) is 19.5 Å². The topological polar surface area (TPSA) is 86.7 Å². The number of amides is 3. The van der Waals surface area contributed by atoms with Gasteiger partial charge in [-0.05, 0) is 36.6 Å². The van der Waals surface area contributed by atoms with Crippen LogP contribution < -0.4 is 5.32 Å². The smallest absolute Gasteiger partial charge is 0.261 e. The van der Waals surface area contributed by atoms with Gasteiger partial charge >= 0.3 is 0 Å². The molecule has 0 aliphatic carbocycles. The van der Waals surface area contributed by atoms with Gasteiger partial charge in [0.25, 0.3) is 17.7 Å². The molecule has 3 amide bonds. The molecule has 28 heavy (non-hydrogen) atoms. The Kier molecular flexibility index (Phi) is 5.70. The summed E-state index contributed by atoms with van der Waals surface area (Å²) >= 11 is 6.12. The van der Waals surface area contributed by atoms with E-state index in [1.807, 2.05) is 13.8 Å². The second-order valence-corrected chi connectivity index (χ2v) is 7.58. The SMILES string of the molecule is CC(C)CCNC(=O)c1cc(Cl)cc(CN2C(=O)c3ccccc3C2=O)c1O. The maximum absolute atomic E-state index is 12.5. The largest absolute Gasteiger partial charge is 0.507 e. The number of phenols is 1. The summed E-state index contributed by atoms with van der Waals surface area (Å²) in [4.78, 5) is 38.5. The van der Waals surface area contributed by atoms with Gasteiger partial charge < -0.3 is 10.4 Å². The summed E-state index contributed by atoms with van der Waals surface area (Å²) in [5.74, 6) is -1.20. The number of nitrogens with one attached hydrogen (secondary N) is 1. The van der Waals surface area contributed by atoms with Crippen LogP contribution in [-0.4, -0.2) is 34.3 Å². The van der Waals surface area contributed by atoms with Gasteiger partial charge in [0.1, 0.15) is 5.75 Å². The molecule has 0 radical (unpaired) electrons. The molecule has 2 aromatic rings. The Morgan fingerprint density at radius 3 is 2.32 bits per heavy atom. The van der Waals surface area contributed by atoms with E-state index in [-0.39, 0.29) is 28.4 Å². The molecule has 6 nitrogen and oxygen atoms in total. The number of imide groups is 1. The molecule has 1 heterocycles. The van der Waals surface area contributed by atoms with Gasteiger partial charge in [0, 0.05) is 17.1 Å². The number of nitrogens with zero attached hydrogens (tertiary/aromatic N) is 1. The lowest BCUT2D eigenvalue weighted by Gasteiger charge is -2.17. The second-order valence-electron chi connectivity index (χ2n) is 7.14. The van der Waals surface area contributed by atoms with E-state index in [1.54, 1.807) is 24.3 Å². The molecule has 1 aliphatic heterocycles. The standard InChI is InChI=1S/C21H21ClN2O4/c1-12(2)7-8-23-19(26)17-10-14(22)9-13(18(17)25)11-24-20(27)15-5-3-4-6-16(15)21(24)28/h3-6,9-10,12,25H,7-8,11H2,1-2H3,(H,23,26). The highest BCUT2D eigenvalue weighted by atomic mass is 35.5. The van der Waals surface area contributed by atoms with Gasteiger partial charge in [-0.15, -0.1) is 0 Å². The molecule has 0 atom stereocenters. The van der Waals surface area contributed by atoms with Crippen LogP contribution in [0.3, 0.4) is 0 Å². The molecule has 2 aromatic carbocycles.